The minimum absolute atomic E-state index is 0.232. The molecule has 1 N–H and O–H groups in total. The summed E-state index contributed by atoms with van der Waals surface area (Å²) in [6, 6.07) is 9.57. The Labute approximate surface area is 137 Å². The molecular weight excluding hydrogens is 318 g/mol. The van der Waals surface area contributed by atoms with Crippen LogP contribution in [0.5, 0.6) is 0 Å². The number of nitrogens with zero attached hydrogens (tertiary/aromatic N) is 2. The molecule has 22 heavy (non-hydrogen) atoms. The van der Waals surface area contributed by atoms with Crippen LogP contribution in [0.4, 0.5) is 5.13 Å². The van der Waals surface area contributed by atoms with Gasteiger partial charge in [-0.05, 0) is 25.0 Å². The number of carbonyl (C=O) groups excluding carboxylic acids is 1. The molecular formula is C16H14ClN3OS. The topological polar surface area (TPSA) is 65.8 Å². The highest BCUT2D eigenvalue weighted by molar-refractivity contribution is 7.14. The van der Waals surface area contributed by atoms with Crippen LogP contribution in [0.3, 0.4) is 0 Å². The van der Waals surface area contributed by atoms with Gasteiger partial charge in [0.05, 0.1) is 11.8 Å². The molecule has 0 aliphatic heterocycles. The lowest BCUT2D eigenvalue weighted by molar-refractivity contribution is -0.122. The molecule has 1 aromatic heterocycles. The molecule has 1 aliphatic carbocycles. The van der Waals surface area contributed by atoms with E-state index in [1.807, 2.05) is 17.5 Å². The smallest absolute Gasteiger partial charge is 0.246 e. The summed E-state index contributed by atoms with van der Waals surface area (Å²) in [7, 11) is 0. The second-order valence-corrected chi connectivity index (χ2v) is 6.69. The van der Waals surface area contributed by atoms with Gasteiger partial charge in [0.2, 0.25) is 5.91 Å². The molecule has 2 aromatic rings. The summed E-state index contributed by atoms with van der Waals surface area (Å²) in [5.41, 5.74) is 0.845. The number of benzene rings is 1. The standard InChI is InChI=1S/C16H14ClN3OS/c17-12-5-3-11(4-6-12)13-9-22-15(19-13)20-14(21)16(10-18)7-1-2-8-16/h3-6,9H,1-2,7-8H2,(H,19,20,21). The van der Waals surface area contributed by atoms with Crippen molar-refractivity contribution < 1.29 is 4.79 Å². The molecule has 1 aliphatic rings. The number of thiazole rings is 1. The lowest BCUT2D eigenvalue weighted by atomic mass is 9.87. The molecule has 1 amide bonds. The maximum Gasteiger partial charge on any atom is 0.246 e. The highest BCUT2D eigenvalue weighted by Gasteiger charge is 2.41. The average Bonchev–Trinajstić information content (AvgIpc) is 3.17. The molecule has 0 saturated heterocycles. The van der Waals surface area contributed by atoms with Gasteiger partial charge in [-0.15, -0.1) is 11.3 Å². The molecule has 3 rings (SSSR count). The summed E-state index contributed by atoms with van der Waals surface area (Å²) in [6.07, 6.45) is 3.11. The minimum Gasteiger partial charge on any atom is -0.301 e. The zero-order chi connectivity index (χ0) is 15.6. The van der Waals surface area contributed by atoms with Gasteiger partial charge in [-0.3, -0.25) is 4.79 Å². The summed E-state index contributed by atoms with van der Waals surface area (Å²) in [6.45, 7) is 0. The highest BCUT2D eigenvalue weighted by Crippen LogP contribution is 2.38. The fourth-order valence-electron chi connectivity index (χ4n) is 2.67. The number of nitrogens with one attached hydrogen (secondary N) is 1. The largest absolute Gasteiger partial charge is 0.301 e. The van der Waals surface area contributed by atoms with Crippen molar-refractivity contribution in [2.24, 2.45) is 5.41 Å². The Morgan fingerprint density at radius 3 is 2.64 bits per heavy atom. The Kier molecular flexibility index (Phi) is 4.14. The molecule has 1 saturated carbocycles. The van der Waals surface area contributed by atoms with Gasteiger partial charge in [0.15, 0.2) is 5.13 Å². The van der Waals surface area contributed by atoms with Crippen molar-refractivity contribution in [2.45, 2.75) is 25.7 Å². The Balaban J connectivity index is 1.76. The number of amides is 1. The molecule has 0 bridgehead atoms. The maximum atomic E-state index is 12.4. The van der Waals surface area contributed by atoms with E-state index < -0.39 is 5.41 Å². The van der Waals surface area contributed by atoms with Crippen LogP contribution in [0.2, 0.25) is 5.02 Å². The van der Waals surface area contributed by atoms with E-state index in [9.17, 15) is 10.1 Å². The number of hydrogen-bond donors (Lipinski definition) is 1. The monoisotopic (exact) mass is 331 g/mol. The Morgan fingerprint density at radius 2 is 2.00 bits per heavy atom. The molecule has 0 unspecified atom stereocenters. The van der Waals surface area contributed by atoms with Crippen LogP contribution in [0.25, 0.3) is 11.3 Å². The third-order valence-corrected chi connectivity index (χ3v) is 4.98. The molecule has 1 fully saturated rings. The summed E-state index contributed by atoms with van der Waals surface area (Å²) in [4.78, 5) is 16.8. The van der Waals surface area contributed by atoms with Crippen molar-refractivity contribution in [1.82, 2.24) is 4.98 Å². The van der Waals surface area contributed by atoms with Gasteiger partial charge in [0, 0.05) is 16.0 Å². The Morgan fingerprint density at radius 1 is 1.32 bits per heavy atom. The SMILES string of the molecule is N#CC1(C(=O)Nc2nc(-c3ccc(Cl)cc3)cs2)CCCC1. The van der Waals surface area contributed by atoms with Crippen molar-refractivity contribution in [3.8, 4) is 17.3 Å². The van der Waals surface area contributed by atoms with Gasteiger partial charge >= 0.3 is 0 Å². The first kappa shape index (κ1) is 15.0. The summed E-state index contributed by atoms with van der Waals surface area (Å²) >= 11 is 7.23. The van der Waals surface area contributed by atoms with E-state index in [0.29, 0.717) is 23.0 Å². The zero-order valence-electron chi connectivity index (χ0n) is 11.8. The maximum absolute atomic E-state index is 12.4. The van der Waals surface area contributed by atoms with Crippen LogP contribution >= 0.6 is 22.9 Å². The minimum atomic E-state index is -0.883. The summed E-state index contributed by atoms with van der Waals surface area (Å²) < 4.78 is 0. The van der Waals surface area contributed by atoms with Crippen LogP contribution < -0.4 is 5.32 Å². The van der Waals surface area contributed by atoms with E-state index in [1.54, 1.807) is 12.1 Å². The first-order valence-electron chi connectivity index (χ1n) is 7.07. The molecule has 0 radical (unpaired) electrons. The zero-order valence-corrected chi connectivity index (χ0v) is 13.4. The molecule has 0 spiro atoms. The van der Waals surface area contributed by atoms with E-state index in [0.717, 1.165) is 24.1 Å². The van der Waals surface area contributed by atoms with E-state index in [4.69, 9.17) is 11.6 Å². The second-order valence-electron chi connectivity index (χ2n) is 5.40. The lowest BCUT2D eigenvalue weighted by Crippen LogP contribution is -2.32. The van der Waals surface area contributed by atoms with Crippen molar-refractivity contribution in [1.29, 1.82) is 5.26 Å². The van der Waals surface area contributed by atoms with E-state index in [2.05, 4.69) is 16.4 Å². The van der Waals surface area contributed by atoms with Crippen LogP contribution in [0.15, 0.2) is 29.6 Å². The number of nitriles is 1. The number of halogens is 1. The number of hydrogen-bond acceptors (Lipinski definition) is 4. The van der Waals surface area contributed by atoms with Crippen molar-refractivity contribution in [2.75, 3.05) is 5.32 Å². The van der Waals surface area contributed by atoms with Gasteiger partial charge in [-0.25, -0.2) is 4.98 Å². The molecule has 112 valence electrons. The van der Waals surface area contributed by atoms with Gasteiger partial charge in [0.25, 0.3) is 0 Å². The van der Waals surface area contributed by atoms with Gasteiger partial charge in [-0.1, -0.05) is 36.6 Å². The molecule has 6 heteroatoms. The normalized spacial score (nSPS) is 16.2. The van der Waals surface area contributed by atoms with Crippen molar-refractivity contribution in [3.63, 3.8) is 0 Å². The average molecular weight is 332 g/mol. The van der Waals surface area contributed by atoms with Crippen LogP contribution in [-0.2, 0) is 4.79 Å². The van der Waals surface area contributed by atoms with Crippen LogP contribution in [0.1, 0.15) is 25.7 Å². The van der Waals surface area contributed by atoms with Gasteiger partial charge < -0.3 is 5.32 Å². The fraction of sp³-hybridized carbons (Fsp3) is 0.312. The second kappa shape index (κ2) is 6.07. The summed E-state index contributed by atoms with van der Waals surface area (Å²) in [5, 5.41) is 15.2. The predicted octanol–water partition coefficient (Wildman–Crippen LogP) is 4.49. The first-order valence-corrected chi connectivity index (χ1v) is 8.33. The van der Waals surface area contributed by atoms with Crippen LogP contribution in [0, 0.1) is 16.7 Å². The van der Waals surface area contributed by atoms with Gasteiger partial charge in [-0.2, -0.15) is 5.26 Å². The van der Waals surface area contributed by atoms with E-state index in [1.165, 1.54) is 11.3 Å². The predicted molar refractivity (Wildman–Crippen MR) is 87.7 cm³/mol. The molecule has 0 atom stereocenters. The molecule has 4 nitrogen and oxygen atoms in total. The third-order valence-electron chi connectivity index (χ3n) is 3.97. The van der Waals surface area contributed by atoms with Crippen molar-refractivity contribution in [3.05, 3.63) is 34.7 Å². The quantitative estimate of drug-likeness (QED) is 0.901. The highest BCUT2D eigenvalue weighted by atomic mass is 35.5. The van der Waals surface area contributed by atoms with Crippen LogP contribution in [-0.4, -0.2) is 10.9 Å². The Hall–Kier alpha value is -1.90. The number of anilines is 1. The number of carbonyl (C=O) groups is 1. The van der Waals surface area contributed by atoms with E-state index >= 15 is 0 Å². The van der Waals surface area contributed by atoms with Crippen molar-refractivity contribution >= 4 is 34.0 Å². The molecule has 1 aromatic carbocycles. The van der Waals surface area contributed by atoms with Gasteiger partial charge in [0.1, 0.15) is 5.41 Å². The van der Waals surface area contributed by atoms with E-state index in [-0.39, 0.29) is 5.91 Å². The third kappa shape index (κ3) is 2.85. The fourth-order valence-corrected chi connectivity index (χ4v) is 3.51. The first-order chi connectivity index (χ1) is 10.6. The molecule has 1 heterocycles. The lowest BCUT2D eigenvalue weighted by Gasteiger charge is -2.17. The number of rotatable bonds is 3. The number of aromatic nitrogens is 1. The Bertz CT molecular complexity index is 727. The summed E-state index contributed by atoms with van der Waals surface area (Å²) in [5.74, 6) is -0.232.